The molecule has 0 amide bonds. The van der Waals surface area contributed by atoms with E-state index in [-0.39, 0.29) is 18.1 Å². The van der Waals surface area contributed by atoms with Gasteiger partial charge in [0.25, 0.3) is 5.69 Å². The predicted octanol–water partition coefficient (Wildman–Crippen LogP) is 2.88. The lowest BCUT2D eigenvalue weighted by molar-refractivity contribution is -0.384. The molecule has 0 saturated carbocycles. The van der Waals surface area contributed by atoms with Crippen molar-refractivity contribution in [1.29, 1.82) is 0 Å². The van der Waals surface area contributed by atoms with Crippen molar-refractivity contribution in [2.45, 2.75) is 6.04 Å². The minimum atomic E-state index is -0.481. The standard InChI is InChI=1S/C14H13FN2O3/c15-11-3-5-12(6-4-11)16-14(9-18)10-1-7-13(8-2-10)17(19)20/h1-8,14,16,18H,9H2. The Morgan fingerprint density at radius 1 is 1.15 bits per heavy atom. The molecule has 0 spiro atoms. The Balaban J connectivity index is 2.15. The quantitative estimate of drug-likeness (QED) is 0.650. The minimum absolute atomic E-state index is 0.00720. The highest BCUT2D eigenvalue weighted by molar-refractivity contribution is 5.46. The van der Waals surface area contributed by atoms with Crippen molar-refractivity contribution in [3.05, 3.63) is 70.0 Å². The van der Waals surface area contributed by atoms with Crippen molar-refractivity contribution in [3.63, 3.8) is 0 Å². The van der Waals surface area contributed by atoms with Crippen LogP contribution in [-0.2, 0) is 0 Å². The Labute approximate surface area is 114 Å². The van der Waals surface area contributed by atoms with Gasteiger partial charge in [0.15, 0.2) is 0 Å². The van der Waals surface area contributed by atoms with Gasteiger partial charge in [0.05, 0.1) is 17.6 Å². The summed E-state index contributed by atoms with van der Waals surface area (Å²) in [6.45, 7) is -0.185. The Hall–Kier alpha value is -2.47. The second kappa shape index (κ2) is 6.12. The first kappa shape index (κ1) is 14.0. The number of nitrogens with zero attached hydrogens (tertiary/aromatic N) is 1. The van der Waals surface area contributed by atoms with Crippen molar-refractivity contribution in [2.24, 2.45) is 0 Å². The highest BCUT2D eigenvalue weighted by atomic mass is 19.1. The van der Waals surface area contributed by atoms with E-state index >= 15 is 0 Å². The van der Waals surface area contributed by atoms with Crippen LogP contribution in [0.5, 0.6) is 0 Å². The fourth-order valence-electron chi connectivity index (χ4n) is 1.81. The first-order valence-electron chi connectivity index (χ1n) is 5.97. The van der Waals surface area contributed by atoms with Crippen LogP contribution in [-0.4, -0.2) is 16.6 Å². The van der Waals surface area contributed by atoms with E-state index in [4.69, 9.17) is 0 Å². The second-order valence-corrected chi connectivity index (χ2v) is 4.24. The van der Waals surface area contributed by atoms with Gasteiger partial charge in [-0.2, -0.15) is 0 Å². The maximum absolute atomic E-state index is 12.8. The fraction of sp³-hybridized carbons (Fsp3) is 0.143. The summed E-state index contributed by atoms with van der Waals surface area (Å²) in [5, 5.41) is 23.0. The zero-order chi connectivity index (χ0) is 14.5. The number of benzene rings is 2. The van der Waals surface area contributed by atoms with Gasteiger partial charge in [0.1, 0.15) is 5.82 Å². The Morgan fingerprint density at radius 2 is 1.75 bits per heavy atom. The third kappa shape index (κ3) is 3.30. The monoisotopic (exact) mass is 276 g/mol. The average molecular weight is 276 g/mol. The molecule has 104 valence electrons. The Morgan fingerprint density at radius 3 is 2.25 bits per heavy atom. The van der Waals surface area contributed by atoms with Crippen molar-refractivity contribution in [2.75, 3.05) is 11.9 Å². The second-order valence-electron chi connectivity index (χ2n) is 4.24. The van der Waals surface area contributed by atoms with Gasteiger partial charge in [-0.15, -0.1) is 0 Å². The lowest BCUT2D eigenvalue weighted by atomic mass is 10.1. The van der Waals surface area contributed by atoms with Crippen LogP contribution >= 0.6 is 0 Å². The van der Waals surface area contributed by atoms with Crippen LogP contribution in [0.15, 0.2) is 48.5 Å². The molecule has 0 bridgehead atoms. The van der Waals surface area contributed by atoms with Crippen LogP contribution in [0.4, 0.5) is 15.8 Å². The fourth-order valence-corrected chi connectivity index (χ4v) is 1.81. The van der Waals surface area contributed by atoms with E-state index in [0.717, 1.165) is 0 Å². The number of rotatable bonds is 5. The molecule has 0 heterocycles. The summed E-state index contributed by atoms with van der Waals surface area (Å²) >= 11 is 0. The number of anilines is 1. The predicted molar refractivity (Wildman–Crippen MR) is 72.9 cm³/mol. The number of halogens is 1. The molecule has 1 atom stereocenters. The largest absolute Gasteiger partial charge is 0.394 e. The molecule has 0 radical (unpaired) electrons. The first-order valence-corrected chi connectivity index (χ1v) is 5.97. The molecular weight excluding hydrogens is 263 g/mol. The number of aliphatic hydroxyl groups is 1. The molecular formula is C14H13FN2O3. The molecule has 2 rings (SSSR count). The van der Waals surface area contributed by atoms with Gasteiger partial charge in [-0.1, -0.05) is 12.1 Å². The van der Waals surface area contributed by atoms with Crippen LogP contribution < -0.4 is 5.32 Å². The third-order valence-corrected chi connectivity index (χ3v) is 2.87. The Kier molecular flexibility index (Phi) is 4.27. The lowest BCUT2D eigenvalue weighted by Gasteiger charge is -2.18. The molecule has 0 aliphatic rings. The van der Waals surface area contributed by atoms with Crippen LogP contribution in [0.2, 0.25) is 0 Å². The SMILES string of the molecule is O=[N+]([O-])c1ccc(C(CO)Nc2ccc(F)cc2)cc1. The third-order valence-electron chi connectivity index (χ3n) is 2.87. The summed E-state index contributed by atoms with van der Waals surface area (Å²) in [5.41, 5.74) is 1.36. The van der Waals surface area contributed by atoms with Crippen LogP contribution in [0.25, 0.3) is 0 Å². The summed E-state index contributed by atoms with van der Waals surface area (Å²) < 4.78 is 12.8. The lowest BCUT2D eigenvalue weighted by Crippen LogP contribution is -2.14. The number of non-ortho nitro benzene ring substituents is 1. The average Bonchev–Trinajstić information content (AvgIpc) is 2.47. The summed E-state index contributed by atoms with van der Waals surface area (Å²) in [4.78, 5) is 10.1. The van der Waals surface area contributed by atoms with Crippen molar-refractivity contribution in [3.8, 4) is 0 Å². The van der Waals surface area contributed by atoms with Gasteiger partial charge in [0, 0.05) is 17.8 Å². The Bertz CT molecular complexity index is 584. The van der Waals surface area contributed by atoms with Crippen LogP contribution in [0.3, 0.4) is 0 Å². The molecule has 20 heavy (non-hydrogen) atoms. The molecule has 0 fully saturated rings. The van der Waals surface area contributed by atoms with E-state index in [9.17, 15) is 19.6 Å². The molecule has 5 nitrogen and oxygen atoms in total. The molecule has 0 aromatic heterocycles. The minimum Gasteiger partial charge on any atom is -0.394 e. The number of nitro benzene ring substituents is 1. The van der Waals surface area contributed by atoms with Crippen molar-refractivity contribution >= 4 is 11.4 Å². The molecule has 0 aliphatic heterocycles. The molecule has 0 aliphatic carbocycles. The molecule has 2 N–H and O–H groups in total. The number of nitro groups is 1. The van der Waals surface area contributed by atoms with Gasteiger partial charge < -0.3 is 10.4 Å². The van der Waals surface area contributed by atoms with E-state index in [1.54, 1.807) is 24.3 Å². The maximum atomic E-state index is 12.8. The van der Waals surface area contributed by atoms with Gasteiger partial charge in [-0.25, -0.2) is 4.39 Å². The van der Waals surface area contributed by atoms with Gasteiger partial charge in [0.2, 0.25) is 0 Å². The van der Waals surface area contributed by atoms with E-state index < -0.39 is 11.0 Å². The van der Waals surface area contributed by atoms with Gasteiger partial charge in [-0.05, 0) is 29.8 Å². The normalized spacial score (nSPS) is 11.9. The van der Waals surface area contributed by atoms with E-state index in [1.165, 1.54) is 24.3 Å². The van der Waals surface area contributed by atoms with Crippen LogP contribution in [0.1, 0.15) is 11.6 Å². The number of aliphatic hydroxyl groups excluding tert-OH is 1. The molecule has 1 unspecified atom stereocenters. The van der Waals surface area contributed by atoms with E-state index in [0.29, 0.717) is 11.3 Å². The molecule has 2 aromatic carbocycles. The van der Waals surface area contributed by atoms with Gasteiger partial charge in [-0.3, -0.25) is 10.1 Å². The number of hydrogen-bond acceptors (Lipinski definition) is 4. The topological polar surface area (TPSA) is 75.4 Å². The summed E-state index contributed by atoms with van der Waals surface area (Å²) in [6.07, 6.45) is 0. The van der Waals surface area contributed by atoms with Crippen molar-refractivity contribution in [1.82, 2.24) is 0 Å². The van der Waals surface area contributed by atoms with E-state index in [2.05, 4.69) is 5.32 Å². The van der Waals surface area contributed by atoms with Gasteiger partial charge >= 0.3 is 0 Å². The highest BCUT2D eigenvalue weighted by Gasteiger charge is 2.12. The first-order chi connectivity index (χ1) is 9.60. The zero-order valence-electron chi connectivity index (χ0n) is 10.5. The molecule has 6 heteroatoms. The van der Waals surface area contributed by atoms with Crippen molar-refractivity contribution < 1.29 is 14.4 Å². The smallest absolute Gasteiger partial charge is 0.269 e. The van der Waals surface area contributed by atoms with Crippen LogP contribution in [0, 0.1) is 15.9 Å². The summed E-state index contributed by atoms with van der Waals surface area (Å²) in [5.74, 6) is -0.341. The number of nitrogens with one attached hydrogen (secondary N) is 1. The summed E-state index contributed by atoms with van der Waals surface area (Å²) in [6, 6.07) is 11.2. The molecule has 0 saturated heterocycles. The molecule has 2 aromatic rings. The maximum Gasteiger partial charge on any atom is 0.269 e. The van der Waals surface area contributed by atoms with E-state index in [1.807, 2.05) is 0 Å². The highest BCUT2D eigenvalue weighted by Crippen LogP contribution is 2.22. The summed E-state index contributed by atoms with van der Waals surface area (Å²) in [7, 11) is 0. The number of hydrogen-bond donors (Lipinski definition) is 2. The zero-order valence-corrected chi connectivity index (χ0v) is 10.5.